The summed E-state index contributed by atoms with van der Waals surface area (Å²) in [5, 5.41) is 7.29. The predicted molar refractivity (Wildman–Crippen MR) is 125 cm³/mol. The second kappa shape index (κ2) is 11.1. The van der Waals surface area contributed by atoms with Gasteiger partial charge in [0.25, 0.3) is 5.91 Å². The fourth-order valence-electron chi connectivity index (χ4n) is 3.32. The summed E-state index contributed by atoms with van der Waals surface area (Å²) >= 11 is 0. The second-order valence-corrected chi connectivity index (χ2v) is 7.44. The molecule has 0 aliphatic heterocycles. The summed E-state index contributed by atoms with van der Waals surface area (Å²) in [7, 11) is 0. The van der Waals surface area contributed by atoms with Gasteiger partial charge in [0.15, 0.2) is 0 Å². The van der Waals surface area contributed by atoms with Crippen molar-refractivity contribution in [3.05, 3.63) is 71.9 Å². The van der Waals surface area contributed by atoms with E-state index in [4.69, 9.17) is 4.74 Å². The van der Waals surface area contributed by atoms with Crippen LogP contribution < -0.4 is 10.1 Å². The standard InChI is InChI=1S/C25H30N4O3/c1-4-28(5-2)25(31)22-18-26-29(20-10-7-6-8-11-20)24(22)27-23(30)12-9-17-32-21-15-13-19(3)14-16-21/h6-8,10-11,13-16,18H,4-5,9,12,17H2,1-3H3,(H,27,30). The molecule has 7 nitrogen and oxygen atoms in total. The lowest BCUT2D eigenvalue weighted by molar-refractivity contribution is -0.116. The van der Waals surface area contributed by atoms with Crippen LogP contribution >= 0.6 is 0 Å². The summed E-state index contributed by atoms with van der Waals surface area (Å²) in [6, 6.07) is 17.2. The zero-order valence-corrected chi connectivity index (χ0v) is 18.9. The average Bonchev–Trinajstić information content (AvgIpc) is 3.22. The molecule has 1 heterocycles. The van der Waals surface area contributed by atoms with Crippen molar-refractivity contribution in [1.29, 1.82) is 0 Å². The number of benzene rings is 2. The van der Waals surface area contributed by atoms with Gasteiger partial charge in [0.1, 0.15) is 17.1 Å². The first-order chi connectivity index (χ1) is 15.5. The fourth-order valence-corrected chi connectivity index (χ4v) is 3.32. The van der Waals surface area contributed by atoms with Crippen LogP contribution in [-0.4, -0.2) is 46.2 Å². The molecule has 0 saturated carbocycles. The van der Waals surface area contributed by atoms with Crippen LogP contribution in [-0.2, 0) is 4.79 Å². The van der Waals surface area contributed by atoms with E-state index in [9.17, 15) is 9.59 Å². The Morgan fingerprint density at radius 1 is 1.03 bits per heavy atom. The van der Waals surface area contributed by atoms with Gasteiger partial charge >= 0.3 is 0 Å². The summed E-state index contributed by atoms with van der Waals surface area (Å²) in [6.45, 7) is 7.46. The molecule has 0 fully saturated rings. The number of nitrogens with zero attached hydrogens (tertiary/aromatic N) is 3. The van der Waals surface area contributed by atoms with Crippen LogP contribution in [0.15, 0.2) is 60.8 Å². The number of aromatic nitrogens is 2. The third kappa shape index (κ3) is 5.75. The number of aryl methyl sites for hydroxylation is 1. The molecule has 7 heteroatoms. The first kappa shape index (κ1) is 23.1. The van der Waals surface area contributed by atoms with Crippen molar-refractivity contribution >= 4 is 17.6 Å². The topological polar surface area (TPSA) is 76.5 Å². The van der Waals surface area contributed by atoms with Crippen LogP contribution in [0.5, 0.6) is 5.75 Å². The highest BCUT2D eigenvalue weighted by Gasteiger charge is 2.23. The lowest BCUT2D eigenvalue weighted by atomic mass is 10.2. The van der Waals surface area contributed by atoms with E-state index in [1.807, 2.05) is 75.4 Å². The molecule has 0 unspecified atom stereocenters. The summed E-state index contributed by atoms with van der Waals surface area (Å²) in [6.07, 6.45) is 2.34. The van der Waals surface area contributed by atoms with Gasteiger partial charge in [-0.1, -0.05) is 35.9 Å². The zero-order valence-electron chi connectivity index (χ0n) is 18.9. The van der Waals surface area contributed by atoms with Crippen molar-refractivity contribution < 1.29 is 14.3 Å². The van der Waals surface area contributed by atoms with E-state index in [0.29, 0.717) is 37.5 Å². The van der Waals surface area contributed by atoms with Crippen LogP contribution in [0, 0.1) is 6.92 Å². The molecular weight excluding hydrogens is 404 g/mol. The molecule has 1 aromatic heterocycles. The van der Waals surface area contributed by atoms with Crippen molar-refractivity contribution in [3.63, 3.8) is 0 Å². The Bertz CT molecular complexity index is 1030. The van der Waals surface area contributed by atoms with Crippen molar-refractivity contribution in [1.82, 2.24) is 14.7 Å². The summed E-state index contributed by atoms with van der Waals surface area (Å²) < 4.78 is 7.30. The number of rotatable bonds is 10. The largest absolute Gasteiger partial charge is 0.494 e. The normalized spacial score (nSPS) is 10.6. The van der Waals surface area contributed by atoms with E-state index in [-0.39, 0.29) is 18.2 Å². The summed E-state index contributed by atoms with van der Waals surface area (Å²) in [5.41, 5.74) is 2.31. The second-order valence-electron chi connectivity index (χ2n) is 7.44. The number of ether oxygens (including phenoxy) is 1. The molecule has 1 N–H and O–H groups in total. The van der Waals surface area contributed by atoms with Crippen LogP contribution in [0.25, 0.3) is 5.69 Å². The van der Waals surface area contributed by atoms with Gasteiger partial charge in [-0.15, -0.1) is 0 Å². The molecule has 3 aromatic rings. The van der Waals surface area contributed by atoms with Gasteiger partial charge in [0.05, 0.1) is 18.5 Å². The minimum absolute atomic E-state index is 0.157. The van der Waals surface area contributed by atoms with Gasteiger partial charge < -0.3 is 15.0 Å². The molecule has 2 aromatic carbocycles. The van der Waals surface area contributed by atoms with E-state index in [0.717, 1.165) is 11.4 Å². The summed E-state index contributed by atoms with van der Waals surface area (Å²) in [4.78, 5) is 27.4. The number of amides is 2. The van der Waals surface area contributed by atoms with Gasteiger partial charge in [-0.3, -0.25) is 9.59 Å². The first-order valence-electron chi connectivity index (χ1n) is 11.0. The Morgan fingerprint density at radius 2 is 1.72 bits per heavy atom. The smallest absolute Gasteiger partial charge is 0.259 e. The third-order valence-corrected chi connectivity index (χ3v) is 5.15. The Morgan fingerprint density at radius 3 is 2.38 bits per heavy atom. The number of carbonyl (C=O) groups is 2. The molecule has 168 valence electrons. The van der Waals surface area contributed by atoms with Crippen molar-refractivity contribution in [2.24, 2.45) is 0 Å². The molecule has 0 aliphatic rings. The molecule has 0 atom stereocenters. The maximum Gasteiger partial charge on any atom is 0.259 e. The van der Waals surface area contributed by atoms with Crippen LogP contribution in [0.4, 0.5) is 5.82 Å². The third-order valence-electron chi connectivity index (χ3n) is 5.15. The number of anilines is 1. The fraction of sp³-hybridized carbons (Fsp3) is 0.320. The van der Waals surface area contributed by atoms with Gasteiger partial charge in [0.2, 0.25) is 5.91 Å². The van der Waals surface area contributed by atoms with Gasteiger partial charge in [-0.05, 0) is 51.5 Å². The lowest BCUT2D eigenvalue weighted by Gasteiger charge is -2.19. The summed E-state index contributed by atoms with van der Waals surface area (Å²) in [5.74, 6) is 0.821. The minimum atomic E-state index is -0.191. The number of hydrogen-bond acceptors (Lipinski definition) is 4. The first-order valence-corrected chi connectivity index (χ1v) is 11.0. The van der Waals surface area contributed by atoms with Crippen molar-refractivity contribution in [2.75, 3.05) is 25.0 Å². The van der Waals surface area contributed by atoms with E-state index in [1.54, 1.807) is 9.58 Å². The highest BCUT2D eigenvalue weighted by Crippen LogP contribution is 2.22. The van der Waals surface area contributed by atoms with E-state index < -0.39 is 0 Å². The lowest BCUT2D eigenvalue weighted by Crippen LogP contribution is -2.31. The number of para-hydroxylation sites is 1. The molecule has 0 spiro atoms. The van der Waals surface area contributed by atoms with E-state index >= 15 is 0 Å². The Kier molecular flexibility index (Phi) is 8.02. The predicted octanol–water partition coefficient (Wildman–Crippen LogP) is 4.46. The zero-order chi connectivity index (χ0) is 22.9. The number of hydrogen-bond donors (Lipinski definition) is 1. The quantitative estimate of drug-likeness (QED) is 0.478. The Balaban J connectivity index is 1.70. The Labute approximate surface area is 189 Å². The van der Waals surface area contributed by atoms with Crippen molar-refractivity contribution in [3.8, 4) is 11.4 Å². The van der Waals surface area contributed by atoms with E-state index in [2.05, 4.69) is 10.4 Å². The van der Waals surface area contributed by atoms with Gasteiger partial charge in [-0.25, -0.2) is 4.68 Å². The molecule has 0 radical (unpaired) electrons. The van der Waals surface area contributed by atoms with Gasteiger partial charge in [0, 0.05) is 19.5 Å². The monoisotopic (exact) mass is 434 g/mol. The maximum atomic E-state index is 13.0. The van der Waals surface area contributed by atoms with E-state index in [1.165, 1.54) is 11.8 Å². The molecule has 2 amide bonds. The number of nitrogens with one attached hydrogen (secondary N) is 1. The highest BCUT2D eigenvalue weighted by atomic mass is 16.5. The van der Waals surface area contributed by atoms with Gasteiger partial charge in [-0.2, -0.15) is 5.10 Å². The van der Waals surface area contributed by atoms with Crippen LogP contribution in [0.2, 0.25) is 0 Å². The maximum absolute atomic E-state index is 13.0. The van der Waals surface area contributed by atoms with Crippen LogP contribution in [0.3, 0.4) is 0 Å². The molecule has 0 bridgehead atoms. The van der Waals surface area contributed by atoms with Crippen LogP contribution in [0.1, 0.15) is 42.6 Å². The molecule has 3 rings (SSSR count). The molecule has 32 heavy (non-hydrogen) atoms. The average molecular weight is 435 g/mol. The molecular formula is C25H30N4O3. The number of carbonyl (C=O) groups excluding carboxylic acids is 2. The molecule has 0 aliphatic carbocycles. The SMILES string of the molecule is CCN(CC)C(=O)c1cnn(-c2ccccc2)c1NC(=O)CCCOc1ccc(C)cc1. The minimum Gasteiger partial charge on any atom is -0.494 e. The molecule has 0 saturated heterocycles. The Hall–Kier alpha value is -3.61. The highest BCUT2D eigenvalue weighted by molar-refractivity contribution is 6.03. The van der Waals surface area contributed by atoms with Crippen molar-refractivity contribution in [2.45, 2.75) is 33.6 Å².